The molecule has 0 atom stereocenters. The summed E-state index contributed by atoms with van der Waals surface area (Å²) >= 11 is 0.876. The number of imide groups is 1. The molecule has 3 rings (SSSR count). The molecule has 0 radical (unpaired) electrons. The van der Waals surface area contributed by atoms with Gasteiger partial charge < -0.3 is 14.2 Å². The smallest absolute Gasteiger partial charge is 0.290 e. The maximum Gasteiger partial charge on any atom is 0.290 e. The molecule has 0 unspecified atom stereocenters. The van der Waals surface area contributed by atoms with Crippen LogP contribution < -0.4 is 19.5 Å². The molecule has 0 aliphatic carbocycles. The first-order valence-electron chi connectivity index (χ1n) is 8.72. The molecular weight excluding hydrogens is 378 g/mol. The zero-order valence-corrected chi connectivity index (χ0v) is 16.7. The first-order valence-corrected chi connectivity index (χ1v) is 9.54. The third-order valence-corrected chi connectivity index (χ3v) is 4.93. The van der Waals surface area contributed by atoms with E-state index in [-0.39, 0.29) is 5.24 Å². The number of hydrogen-bond acceptors (Lipinski definition) is 6. The van der Waals surface area contributed by atoms with Crippen molar-refractivity contribution in [1.29, 1.82) is 0 Å². The third kappa shape index (κ3) is 4.67. The van der Waals surface area contributed by atoms with Gasteiger partial charge in [0.15, 0.2) is 11.5 Å². The number of thioether (sulfide) groups is 1. The molecule has 2 amide bonds. The van der Waals surface area contributed by atoms with Crippen molar-refractivity contribution in [3.8, 4) is 17.2 Å². The van der Waals surface area contributed by atoms with Gasteiger partial charge in [-0.25, -0.2) is 0 Å². The van der Waals surface area contributed by atoms with E-state index in [1.807, 2.05) is 32.0 Å². The van der Waals surface area contributed by atoms with Gasteiger partial charge in [0.25, 0.3) is 11.1 Å². The summed E-state index contributed by atoms with van der Waals surface area (Å²) in [6, 6.07) is 11.3. The molecule has 28 heavy (non-hydrogen) atoms. The number of amides is 2. The van der Waals surface area contributed by atoms with Crippen LogP contribution in [0.15, 0.2) is 41.3 Å². The Morgan fingerprint density at radius 3 is 2.36 bits per heavy atom. The lowest BCUT2D eigenvalue weighted by molar-refractivity contribution is -0.115. The molecule has 1 fully saturated rings. The Morgan fingerprint density at radius 1 is 1.00 bits per heavy atom. The van der Waals surface area contributed by atoms with E-state index in [1.54, 1.807) is 31.4 Å². The van der Waals surface area contributed by atoms with Crippen LogP contribution in [-0.2, 0) is 4.79 Å². The second-order valence-electron chi connectivity index (χ2n) is 6.18. The van der Waals surface area contributed by atoms with Crippen LogP contribution in [0.3, 0.4) is 0 Å². The molecule has 0 spiro atoms. The number of aryl methyl sites for hydroxylation is 2. The highest BCUT2D eigenvalue weighted by atomic mass is 32.2. The number of para-hydroxylation sites is 1. The predicted octanol–water partition coefficient (Wildman–Crippen LogP) is 4.09. The van der Waals surface area contributed by atoms with Crippen molar-refractivity contribution in [1.82, 2.24) is 5.32 Å². The van der Waals surface area contributed by atoms with Crippen molar-refractivity contribution < 1.29 is 23.8 Å². The predicted molar refractivity (Wildman–Crippen MR) is 109 cm³/mol. The quantitative estimate of drug-likeness (QED) is 0.558. The van der Waals surface area contributed by atoms with Crippen LogP contribution in [0.2, 0.25) is 0 Å². The molecule has 6 nitrogen and oxygen atoms in total. The highest BCUT2D eigenvalue weighted by Gasteiger charge is 2.25. The standard InChI is InChI=1S/C21H21NO5S/c1-13-5-4-6-14(2)19(13)27-10-9-26-16-8-7-15(11-17(16)25-3)12-18-20(23)22-21(24)28-18/h4-8,11-12H,9-10H2,1-3H3,(H,22,23,24). The van der Waals surface area contributed by atoms with Gasteiger partial charge in [0.05, 0.1) is 12.0 Å². The summed E-state index contributed by atoms with van der Waals surface area (Å²) < 4.78 is 17.0. The number of benzene rings is 2. The molecule has 0 aromatic heterocycles. The molecule has 2 aromatic rings. The highest BCUT2D eigenvalue weighted by Crippen LogP contribution is 2.31. The molecule has 7 heteroatoms. The van der Waals surface area contributed by atoms with Crippen molar-refractivity contribution in [2.75, 3.05) is 20.3 Å². The number of nitrogens with one attached hydrogen (secondary N) is 1. The molecular formula is C21H21NO5S. The van der Waals surface area contributed by atoms with Gasteiger partial charge in [-0.3, -0.25) is 14.9 Å². The zero-order valence-electron chi connectivity index (χ0n) is 15.9. The van der Waals surface area contributed by atoms with E-state index >= 15 is 0 Å². The van der Waals surface area contributed by atoms with Crippen molar-refractivity contribution >= 4 is 29.0 Å². The lowest BCUT2D eigenvalue weighted by Crippen LogP contribution is -2.17. The van der Waals surface area contributed by atoms with Crippen LogP contribution in [0.4, 0.5) is 4.79 Å². The maximum absolute atomic E-state index is 11.7. The van der Waals surface area contributed by atoms with Crippen LogP contribution in [0.5, 0.6) is 17.2 Å². The summed E-state index contributed by atoms with van der Waals surface area (Å²) in [4.78, 5) is 23.3. The minimum atomic E-state index is -0.391. The summed E-state index contributed by atoms with van der Waals surface area (Å²) in [7, 11) is 1.55. The molecule has 0 saturated carbocycles. The molecule has 1 N–H and O–H groups in total. The number of carbonyl (C=O) groups excluding carboxylic acids is 2. The number of hydrogen-bond donors (Lipinski definition) is 1. The fraction of sp³-hybridized carbons (Fsp3) is 0.238. The Labute approximate surface area is 167 Å². The Balaban J connectivity index is 1.62. The highest BCUT2D eigenvalue weighted by molar-refractivity contribution is 8.18. The van der Waals surface area contributed by atoms with Gasteiger partial charge in [-0.15, -0.1) is 0 Å². The average Bonchev–Trinajstić information content (AvgIpc) is 2.98. The number of rotatable bonds is 7. The largest absolute Gasteiger partial charge is 0.493 e. The third-order valence-electron chi connectivity index (χ3n) is 4.12. The topological polar surface area (TPSA) is 73.9 Å². The molecule has 0 bridgehead atoms. The lowest BCUT2D eigenvalue weighted by Gasteiger charge is -2.14. The van der Waals surface area contributed by atoms with Crippen molar-refractivity contribution in [2.45, 2.75) is 13.8 Å². The molecule has 2 aromatic carbocycles. The van der Waals surface area contributed by atoms with Gasteiger partial charge >= 0.3 is 0 Å². The SMILES string of the molecule is COc1cc(C=C2SC(=O)NC2=O)ccc1OCCOc1c(C)cccc1C. The van der Waals surface area contributed by atoms with Crippen LogP contribution in [0.25, 0.3) is 6.08 Å². The summed E-state index contributed by atoms with van der Waals surface area (Å²) in [6.07, 6.45) is 1.64. The number of carbonyl (C=O) groups is 2. The fourth-order valence-electron chi connectivity index (χ4n) is 2.79. The summed E-state index contributed by atoms with van der Waals surface area (Å²) in [5.74, 6) is 1.60. The van der Waals surface area contributed by atoms with Gasteiger partial charge in [0.2, 0.25) is 0 Å². The van der Waals surface area contributed by atoms with Crippen LogP contribution in [0, 0.1) is 13.8 Å². The van der Waals surface area contributed by atoms with E-state index < -0.39 is 5.91 Å². The first kappa shape index (κ1) is 19.8. The van der Waals surface area contributed by atoms with Crippen molar-refractivity contribution in [3.05, 3.63) is 58.0 Å². The monoisotopic (exact) mass is 399 g/mol. The van der Waals surface area contributed by atoms with Crippen LogP contribution >= 0.6 is 11.8 Å². The first-order chi connectivity index (χ1) is 13.5. The Morgan fingerprint density at radius 2 is 1.71 bits per heavy atom. The van der Waals surface area contributed by atoms with Gasteiger partial charge in [0, 0.05) is 0 Å². The molecule has 1 saturated heterocycles. The summed E-state index contributed by atoms with van der Waals surface area (Å²) in [5, 5.41) is 1.86. The Bertz CT molecular complexity index is 918. The van der Waals surface area contributed by atoms with Crippen molar-refractivity contribution in [2.24, 2.45) is 0 Å². The second kappa shape index (κ2) is 8.84. The molecule has 1 aliphatic rings. The van der Waals surface area contributed by atoms with Gasteiger partial charge in [0.1, 0.15) is 19.0 Å². The maximum atomic E-state index is 11.7. The van der Waals surface area contributed by atoms with E-state index in [4.69, 9.17) is 14.2 Å². The minimum absolute atomic E-state index is 0.350. The van der Waals surface area contributed by atoms with E-state index in [1.165, 1.54) is 0 Å². The van der Waals surface area contributed by atoms with E-state index in [2.05, 4.69) is 5.32 Å². The van der Waals surface area contributed by atoms with E-state index in [9.17, 15) is 9.59 Å². The normalized spacial score (nSPS) is 14.9. The van der Waals surface area contributed by atoms with Gasteiger partial charge in [-0.1, -0.05) is 24.3 Å². The zero-order chi connectivity index (χ0) is 20.1. The molecule has 1 heterocycles. The Kier molecular flexibility index (Phi) is 6.26. The Hall–Kier alpha value is -2.93. The van der Waals surface area contributed by atoms with Gasteiger partial charge in [-0.2, -0.15) is 0 Å². The summed E-state index contributed by atoms with van der Waals surface area (Å²) in [5.41, 5.74) is 2.91. The van der Waals surface area contributed by atoms with Gasteiger partial charge in [-0.05, 0) is 60.5 Å². The van der Waals surface area contributed by atoms with E-state index in [0.29, 0.717) is 29.6 Å². The number of ether oxygens (including phenoxy) is 3. The van der Waals surface area contributed by atoms with Crippen LogP contribution in [-0.4, -0.2) is 31.5 Å². The van der Waals surface area contributed by atoms with Crippen LogP contribution in [0.1, 0.15) is 16.7 Å². The minimum Gasteiger partial charge on any atom is -0.493 e. The summed E-state index contributed by atoms with van der Waals surface area (Å²) in [6.45, 7) is 4.78. The number of methoxy groups -OCH3 is 1. The fourth-order valence-corrected chi connectivity index (χ4v) is 3.47. The molecule has 146 valence electrons. The second-order valence-corrected chi connectivity index (χ2v) is 7.20. The molecule has 1 aliphatic heterocycles. The van der Waals surface area contributed by atoms with E-state index in [0.717, 1.165) is 34.2 Å². The average molecular weight is 399 g/mol. The lowest BCUT2D eigenvalue weighted by atomic mass is 10.1. The van der Waals surface area contributed by atoms with Crippen molar-refractivity contribution in [3.63, 3.8) is 0 Å².